The molecule has 1 atom stereocenters. The van der Waals surface area contributed by atoms with Gasteiger partial charge in [-0.1, -0.05) is 41.9 Å². The van der Waals surface area contributed by atoms with E-state index in [1.165, 1.54) is 23.8 Å². The molecule has 6 nitrogen and oxygen atoms in total. The average molecular weight is 360 g/mol. The number of hydrogen-bond acceptors (Lipinski definition) is 4. The van der Waals surface area contributed by atoms with Gasteiger partial charge in [-0.25, -0.2) is 0 Å². The Hall–Kier alpha value is -2.44. The van der Waals surface area contributed by atoms with Crippen molar-refractivity contribution in [1.29, 1.82) is 0 Å². The molecule has 0 spiro atoms. The summed E-state index contributed by atoms with van der Waals surface area (Å²) in [7, 11) is 0. The van der Waals surface area contributed by atoms with Crippen LogP contribution in [-0.4, -0.2) is 28.8 Å². The lowest BCUT2D eigenvalue weighted by Crippen LogP contribution is -2.27. The Morgan fingerprint density at radius 1 is 1.28 bits per heavy atom. The summed E-state index contributed by atoms with van der Waals surface area (Å²) >= 11 is 6.04. The Kier molecular flexibility index (Phi) is 5.31. The van der Waals surface area contributed by atoms with E-state index in [0.717, 1.165) is 19.5 Å². The van der Waals surface area contributed by atoms with Crippen molar-refractivity contribution < 1.29 is 9.72 Å². The van der Waals surface area contributed by atoms with E-state index in [0.29, 0.717) is 6.54 Å². The van der Waals surface area contributed by atoms with Crippen molar-refractivity contribution in [3.05, 3.63) is 69.2 Å². The minimum Gasteiger partial charge on any atom is -0.324 e. The summed E-state index contributed by atoms with van der Waals surface area (Å²) in [5.74, 6) is -0.308. The molecule has 130 valence electrons. The molecule has 7 heteroatoms. The first-order valence-corrected chi connectivity index (χ1v) is 8.42. The fourth-order valence-corrected chi connectivity index (χ4v) is 3.15. The summed E-state index contributed by atoms with van der Waals surface area (Å²) in [5.41, 5.74) is 1.39. The third-order valence-electron chi connectivity index (χ3n) is 4.31. The smallest absolute Gasteiger partial charge is 0.271 e. The van der Waals surface area contributed by atoms with Crippen LogP contribution in [0.1, 0.15) is 12.0 Å². The number of amides is 1. The number of nitrogens with zero attached hydrogens (tertiary/aromatic N) is 2. The average Bonchev–Trinajstić information content (AvgIpc) is 3.06. The van der Waals surface area contributed by atoms with Crippen molar-refractivity contribution in [2.75, 3.05) is 18.4 Å². The predicted octanol–water partition coefficient (Wildman–Crippen LogP) is 3.71. The number of benzene rings is 2. The minimum atomic E-state index is -0.511. The van der Waals surface area contributed by atoms with Crippen molar-refractivity contribution in [2.45, 2.75) is 13.0 Å². The van der Waals surface area contributed by atoms with E-state index in [4.69, 9.17) is 11.6 Å². The molecule has 0 aliphatic carbocycles. The van der Waals surface area contributed by atoms with E-state index < -0.39 is 4.92 Å². The molecule has 3 rings (SSSR count). The third kappa shape index (κ3) is 4.35. The van der Waals surface area contributed by atoms with Crippen LogP contribution in [0.4, 0.5) is 11.4 Å². The van der Waals surface area contributed by atoms with Gasteiger partial charge in [0.15, 0.2) is 0 Å². The van der Waals surface area contributed by atoms with E-state index in [-0.39, 0.29) is 28.2 Å². The number of nitro benzene ring substituents is 1. The molecule has 1 aliphatic heterocycles. The van der Waals surface area contributed by atoms with E-state index >= 15 is 0 Å². The van der Waals surface area contributed by atoms with Crippen molar-refractivity contribution >= 4 is 28.9 Å². The molecule has 0 radical (unpaired) electrons. The molecule has 1 heterocycles. The van der Waals surface area contributed by atoms with E-state index in [1.54, 1.807) is 0 Å². The Morgan fingerprint density at radius 3 is 2.76 bits per heavy atom. The van der Waals surface area contributed by atoms with Gasteiger partial charge in [-0.15, -0.1) is 0 Å². The standard InChI is InChI=1S/C18H18ClN3O3/c19-16-7-6-15(22(24)25)10-17(16)20-18(23)14-8-9-21(12-14)11-13-4-2-1-3-5-13/h1-7,10,14H,8-9,11-12H2,(H,20,23). The number of nitro groups is 1. The zero-order chi connectivity index (χ0) is 17.8. The summed E-state index contributed by atoms with van der Waals surface area (Å²) < 4.78 is 0. The summed E-state index contributed by atoms with van der Waals surface area (Å²) in [6.45, 7) is 2.31. The topological polar surface area (TPSA) is 75.5 Å². The van der Waals surface area contributed by atoms with Crippen LogP contribution in [0.3, 0.4) is 0 Å². The third-order valence-corrected chi connectivity index (χ3v) is 4.64. The summed E-state index contributed by atoms with van der Waals surface area (Å²) in [6, 6.07) is 14.1. The van der Waals surface area contributed by atoms with Crippen molar-refractivity contribution in [1.82, 2.24) is 4.90 Å². The Labute approximate surface area is 150 Å². The van der Waals surface area contributed by atoms with Crippen LogP contribution in [0.25, 0.3) is 0 Å². The largest absolute Gasteiger partial charge is 0.324 e. The minimum absolute atomic E-state index is 0.100. The molecule has 0 bridgehead atoms. The molecule has 1 aliphatic rings. The molecule has 2 aromatic carbocycles. The molecule has 2 aromatic rings. The highest BCUT2D eigenvalue weighted by Gasteiger charge is 2.28. The second kappa shape index (κ2) is 7.63. The maximum atomic E-state index is 12.5. The van der Waals surface area contributed by atoms with Crippen LogP contribution in [0.5, 0.6) is 0 Å². The van der Waals surface area contributed by atoms with Gasteiger partial charge in [0, 0.05) is 25.2 Å². The number of nitrogens with one attached hydrogen (secondary N) is 1. The lowest BCUT2D eigenvalue weighted by Gasteiger charge is -2.16. The van der Waals surface area contributed by atoms with Gasteiger partial charge in [-0.3, -0.25) is 19.8 Å². The first-order chi connectivity index (χ1) is 12.0. The second-order valence-corrected chi connectivity index (χ2v) is 6.52. The SMILES string of the molecule is O=C(Nc1cc([N+](=O)[O-])ccc1Cl)C1CCN(Cc2ccccc2)C1. The van der Waals surface area contributed by atoms with Gasteiger partial charge in [0.05, 0.1) is 21.6 Å². The lowest BCUT2D eigenvalue weighted by atomic mass is 10.1. The van der Waals surface area contributed by atoms with Crippen molar-refractivity contribution in [2.24, 2.45) is 5.92 Å². The van der Waals surface area contributed by atoms with Gasteiger partial charge in [-0.2, -0.15) is 0 Å². The predicted molar refractivity (Wildman–Crippen MR) is 96.6 cm³/mol. The number of carbonyl (C=O) groups excluding carboxylic acids is 1. The highest BCUT2D eigenvalue weighted by atomic mass is 35.5. The molecular weight excluding hydrogens is 342 g/mol. The van der Waals surface area contributed by atoms with Gasteiger partial charge in [0.2, 0.25) is 5.91 Å². The molecule has 25 heavy (non-hydrogen) atoms. The number of anilines is 1. The molecule has 1 unspecified atom stereocenters. The normalized spacial score (nSPS) is 17.4. The number of hydrogen-bond donors (Lipinski definition) is 1. The van der Waals surface area contributed by atoms with Crippen LogP contribution in [0.2, 0.25) is 5.02 Å². The Morgan fingerprint density at radius 2 is 2.04 bits per heavy atom. The van der Waals surface area contributed by atoms with Gasteiger partial charge in [-0.05, 0) is 24.6 Å². The number of carbonyl (C=O) groups is 1. The molecule has 1 saturated heterocycles. The Bertz CT molecular complexity index is 782. The molecule has 1 fully saturated rings. The number of non-ortho nitro benzene ring substituents is 1. The number of rotatable bonds is 5. The van der Waals surface area contributed by atoms with Crippen molar-refractivity contribution in [3.63, 3.8) is 0 Å². The zero-order valence-corrected chi connectivity index (χ0v) is 14.3. The van der Waals surface area contributed by atoms with Crippen LogP contribution in [0, 0.1) is 16.0 Å². The molecule has 1 amide bonds. The summed E-state index contributed by atoms with van der Waals surface area (Å²) in [6.07, 6.45) is 0.755. The zero-order valence-electron chi connectivity index (χ0n) is 13.5. The van der Waals surface area contributed by atoms with Crippen LogP contribution in [-0.2, 0) is 11.3 Å². The molecular formula is C18H18ClN3O3. The van der Waals surface area contributed by atoms with Crippen LogP contribution < -0.4 is 5.32 Å². The van der Waals surface area contributed by atoms with Gasteiger partial charge >= 0.3 is 0 Å². The van der Waals surface area contributed by atoms with Gasteiger partial charge in [0.1, 0.15) is 0 Å². The Balaban J connectivity index is 1.61. The monoisotopic (exact) mass is 359 g/mol. The maximum Gasteiger partial charge on any atom is 0.271 e. The maximum absolute atomic E-state index is 12.5. The first kappa shape index (κ1) is 17.4. The number of likely N-dealkylation sites (tertiary alicyclic amines) is 1. The van der Waals surface area contributed by atoms with Gasteiger partial charge in [0.25, 0.3) is 5.69 Å². The van der Waals surface area contributed by atoms with Crippen LogP contribution >= 0.6 is 11.6 Å². The van der Waals surface area contributed by atoms with E-state index in [2.05, 4.69) is 22.3 Å². The molecule has 1 N–H and O–H groups in total. The van der Waals surface area contributed by atoms with E-state index in [1.807, 2.05) is 18.2 Å². The fraction of sp³-hybridized carbons (Fsp3) is 0.278. The van der Waals surface area contributed by atoms with Crippen LogP contribution in [0.15, 0.2) is 48.5 Å². The highest BCUT2D eigenvalue weighted by molar-refractivity contribution is 6.33. The molecule has 0 aromatic heterocycles. The summed E-state index contributed by atoms with van der Waals surface area (Å²) in [4.78, 5) is 25.1. The van der Waals surface area contributed by atoms with E-state index in [9.17, 15) is 14.9 Å². The molecule has 0 saturated carbocycles. The highest BCUT2D eigenvalue weighted by Crippen LogP contribution is 2.28. The van der Waals surface area contributed by atoms with Gasteiger partial charge < -0.3 is 5.32 Å². The second-order valence-electron chi connectivity index (χ2n) is 6.12. The quantitative estimate of drug-likeness (QED) is 0.652. The number of halogens is 1. The first-order valence-electron chi connectivity index (χ1n) is 8.04. The fourth-order valence-electron chi connectivity index (χ4n) is 2.99. The van der Waals surface area contributed by atoms with Crippen molar-refractivity contribution in [3.8, 4) is 0 Å². The summed E-state index contributed by atoms with van der Waals surface area (Å²) in [5, 5.41) is 13.9. The lowest BCUT2D eigenvalue weighted by molar-refractivity contribution is -0.384.